The number of alkyl halides is 1. The molecule has 3 aliphatic rings. The van der Waals surface area contributed by atoms with E-state index in [1.165, 1.54) is 17.0 Å². The molecule has 5 atom stereocenters. The van der Waals surface area contributed by atoms with Crippen molar-refractivity contribution < 1.29 is 43.0 Å². The average molecular weight is 594 g/mol. The molecule has 0 spiro atoms. The van der Waals surface area contributed by atoms with E-state index in [2.05, 4.69) is 17.2 Å². The van der Waals surface area contributed by atoms with E-state index in [1.54, 1.807) is 30.9 Å². The van der Waals surface area contributed by atoms with Crippen molar-refractivity contribution >= 4 is 24.0 Å². The minimum atomic E-state index is -1.49. The number of halogens is 2. The summed E-state index contributed by atoms with van der Waals surface area (Å²) in [7, 11) is 0. The number of hydroxylamine groups is 2. The van der Waals surface area contributed by atoms with Crippen LogP contribution in [0.25, 0.3) is 0 Å². The summed E-state index contributed by atoms with van der Waals surface area (Å²) in [6, 6.07) is 1.90. The summed E-state index contributed by atoms with van der Waals surface area (Å²) >= 11 is 0. The highest BCUT2D eigenvalue weighted by molar-refractivity contribution is 5.93. The Morgan fingerprint density at radius 2 is 2.02 bits per heavy atom. The molecule has 2 unspecified atom stereocenters. The lowest BCUT2D eigenvalue weighted by atomic mass is 10.0. The van der Waals surface area contributed by atoms with Crippen molar-refractivity contribution in [1.82, 2.24) is 25.5 Å². The van der Waals surface area contributed by atoms with Crippen molar-refractivity contribution in [2.45, 2.75) is 63.5 Å². The Bertz CT molecular complexity index is 1230. The van der Waals surface area contributed by atoms with Gasteiger partial charge in [0, 0.05) is 44.1 Å². The summed E-state index contributed by atoms with van der Waals surface area (Å²) in [5.41, 5.74) is -0.405. The second kappa shape index (κ2) is 12.6. The standard InChI is InChI=1S/C28H37F2N5O7/c1-4-18-11-28(18,25(37)38)32-24(36)22-10-19(42-27(40)34-12-17-6-5-7-21(30)20(17)14-34)13-33(22)15-23(16(2)3)35(41)26(39)31-9-8-29/h4-7,16,18-19,22-23,41H,1,8-15H2,2-3H3,(H,31,39)(H,32,36)(H,37,38)/t18-,19-,22+,23?,28?/m1/s1. The number of urea groups is 1. The largest absolute Gasteiger partial charge is 0.479 e. The number of carbonyl (C=O) groups excluding carboxylic acids is 3. The molecule has 42 heavy (non-hydrogen) atoms. The normalized spacial score (nSPS) is 25.5. The number of nitrogens with zero attached hydrogens (tertiary/aromatic N) is 3. The third-order valence-corrected chi connectivity index (χ3v) is 8.23. The maximum Gasteiger partial charge on any atom is 0.410 e. The van der Waals surface area contributed by atoms with Crippen molar-refractivity contribution in [1.29, 1.82) is 0 Å². The van der Waals surface area contributed by atoms with Crippen molar-refractivity contribution in [3.8, 4) is 0 Å². The fourth-order valence-corrected chi connectivity index (χ4v) is 5.66. The molecule has 0 bridgehead atoms. The van der Waals surface area contributed by atoms with Gasteiger partial charge in [-0.15, -0.1) is 6.58 Å². The SMILES string of the molecule is C=C[C@@H]1CC1(NC(=O)[C@@H]1C[C@@H](OC(=O)N2Cc3cccc(F)c3C2)CN1CC(C(C)C)N(O)C(=O)NCCF)C(=O)O. The summed E-state index contributed by atoms with van der Waals surface area (Å²) in [6.45, 7) is 6.24. The predicted molar refractivity (Wildman–Crippen MR) is 144 cm³/mol. The zero-order chi connectivity index (χ0) is 30.8. The van der Waals surface area contributed by atoms with Gasteiger partial charge in [-0.3, -0.25) is 19.8 Å². The molecule has 230 valence electrons. The van der Waals surface area contributed by atoms with Crippen LogP contribution in [0.3, 0.4) is 0 Å². The predicted octanol–water partition coefficient (Wildman–Crippen LogP) is 2.26. The third kappa shape index (κ3) is 6.33. The van der Waals surface area contributed by atoms with Crippen LogP contribution < -0.4 is 10.6 Å². The number of nitrogens with one attached hydrogen (secondary N) is 2. The van der Waals surface area contributed by atoms with Crippen LogP contribution in [0, 0.1) is 17.7 Å². The summed E-state index contributed by atoms with van der Waals surface area (Å²) in [5, 5.41) is 25.7. The van der Waals surface area contributed by atoms with Crippen molar-refractivity contribution in [3.63, 3.8) is 0 Å². The first-order valence-electron chi connectivity index (χ1n) is 13.9. The van der Waals surface area contributed by atoms with E-state index < -0.39 is 66.1 Å². The zero-order valence-corrected chi connectivity index (χ0v) is 23.6. The molecule has 2 heterocycles. The minimum Gasteiger partial charge on any atom is -0.479 e. The van der Waals surface area contributed by atoms with E-state index in [0.29, 0.717) is 16.2 Å². The van der Waals surface area contributed by atoms with Crippen LogP contribution in [0.4, 0.5) is 18.4 Å². The van der Waals surface area contributed by atoms with Gasteiger partial charge < -0.3 is 20.5 Å². The molecule has 14 heteroatoms. The summed E-state index contributed by atoms with van der Waals surface area (Å²) in [5.74, 6) is -2.98. The van der Waals surface area contributed by atoms with Crippen molar-refractivity contribution in [2.24, 2.45) is 11.8 Å². The van der Waals surface area contributed by atoms with Crippen LogP contribution in [0.15, 0.2) is 30.9 Å². The molecule has 1 aromatic rings. The summed E-state index contributed by atoms with van der Waals surface area (Å²) in [6.07, 6.45) is 0.185. The first-order valence-corrected chi connectivity index (χ1v) is 13.9. The third-order valence-electron chi connectivity index (χ3n) is 8.23. The second-order valence-corrected chi connectivity index (χ2v) is 11.3. The van der Waals surface area contributed by atoms with Crippen LogP contribution >= 0.6 is 0 Å². The quantitative estimate of drug-likeness (QED) is 0.173. The molecule has 1 aromatic carbocycles. The Morgan fingerprint density at radius 3 is 2.62 bits per heavy atom. The second-order valence-electron chi connectivity index (χ2n) is 11.3. The molecule has 4 amide bonds. The molecule has 4 rings (SSSR count). The number of fused-ring (bicyclic) bond motifs is 1. The number of hydrogen-bond acceptors (Lipinski definition) is 7. The first-order chi connectivity index (χ1) is 19.9. The molecular formula is C28H37F2N5O7. The van der Waals surface area contributed by atoms with Crippen LogP contribution in [0.5, 0.6) is 0 Å². The zero-order valence-electron chi connectivity index (χ0n) is 23.6. The molecular weight excluding hydrogens is 556 g/mol. The van der Waals surface area contributed by atoms with E-state index in [-0.39, 0.29) is 51.5 Å². The average Bonchev–Trinajstić information content (AvgIpc) is 3.26. The summed E-state index contributed by atoms with van der Waals surface area (Å²) in [4.78, 5) is 53.9. The maximum absolute atomic E-state index is 14.2. The molecule has 0 radical (unpaired) electrons. The number of hydrogen-bond donors (Lipinski definition) is 4. The van der Waals surface area contributed by atoms with Gasteiger partial charge in [-0.25, -0.2) is 28.2 Å². The maximum atomic E-state index is 14.2. The van der Waals surface area contributed by atoms with Gasteiger partial charge in [0.1, 0.15) is 24.1 Å². The number of aliphatic carboxylic acids is 1. The van der Waals surface area contributed by atoms with Crippen LogP contribution in [0.2, 0.25) is 0 Å². The molecule has 2 aliphatic heterocycles. The molecule has 1 aliphatic carbocycles. The van der Waals surface area contributed by atoms with Gasteiger partial charge in [-0.1, -0.05) is 32.1 Å². The van der Waals surface area contributed by atoms with Gasteiger partial charge in [0.25, 0.3) is 0 Å². The number of rotatable bonds is 11. The number of carbonyl (C=O) groups is 4. The number of amides is 4. The van der Waals surface area contributed by atoms with Gasteiger partial charge in [0.15, 0.2) is 0 Å². The van der Waals surface area contributed by atoms with Gasteiger partial charge in [0.2, 0.25) is 5.91 Å². The van der Waals surface area contributed by atoms with E-state index in [0.717, 1.165) is 0 Å². The lowest BCUT2D eigenvalue weighted by Gasteiger charge is -2.34. The van der Waals surface area contributed by atoms with Crippen LogP contribution in [-0.2, 0) is 27.4 Å². The molecule has 12 nitrogen and oxygen atoms in total. The van der Waals surface area contributed by atoms with E-state index in [1.807, 2.05) is 0 Å². The lowest BCUT2D eigenvalue weighted by Crippen LogP contribution is -2.56. The highest BCUT2D eigenvalue weighted by Crippen LogP contribution is 2.45. The Hall–Kier alpha value is -3.78. The minimum absolute atomic E-state index is 0.0193. The van der Waals surface area contributed by atoms with Crippen molar-refractivity contribution in [3.05, 3.63) is 47.8 Å². The Kier molecular flexibility index (Phi) is 9.36. The van der Waals surface area contributed by atoms with Crippen LogP contribution in [-0.4, -0.2) is 99.2 Å². The Morgan fingerprint density at radius 1 is 1.29 bits per heavy atom. The summed E-state index contributed by atoms with van der Waals surface area (Å²) < 4.78 is 32.5. The van der Waals surface area contributed by atoms with Gasteiger partial charge in [-0.2, -0.15) is 0 Å². The van der Waals surface area contributed by atoms with Crippen molar-refractivity contribution in [2.75, 3.05) is 26.3 Å². The number of ether oxygens (including phenoxy) is 1. The number of likely N-dealkylation sites (tertiary alicyclic amines) is 1. The van der Waals surface area contributed by atoms with Gasteiger partial charge >= 0.3 is 18.1 Å². The van der Waals surface area contributed by atoms with Gasteiger partial charge in [-0.05, 0) is 24.0 Å². The molecule has 4 N–H and O–H groups in total. The van der Waals surface area contributed by atoms with E-state index in [9.17, 15) is 38.3 Å². The van der Waals surface area contributed by atoms with Gasteiger partial charge in [0.05, 0.1) is 18.6 Å². The Balaban J connectivity index is 1.50. The van der Waals surface area contributed by atoms with E-state index in [4.69, 9.17) is 4.74 Å². The van der Waals surface area contributed by atoms with E-state index >= 15 is 0 Å². The monoisotopic (exact) mass is 593 g/mol. The molecule has 2 fully saturated rings. The highest BCUT2D eigenvalue weighted by atomic mass is 19.1. The lowest BCUT2D eigenvalue weighted by molar-refractivity contribution is -0.144. The van der Waals surface area contributed by atoms with Crippen LogP contribution in [0.1, 0.15) is 37.8 Å². The topological polar surface area (TPSA) is 152 Å². The molecule has 1 saturated carbocycles. The molecule has 0 aromatic heterocycles. The first kappa shape index (κ1) is 31.2. The smallest absolute Gasteiger partial charge is 0.410 e. The Labute approximate surface area is 242 Å². The highest BCUT2D eigenvalue weighted by Gasteiger charge is 2.61. The number of carboxylic acids is 1. The number of carboxylic acid groups (broad SMARTS) is 1. The fourth-order valence-electron chi connectivity index (χ4n) is 5.66. The molecule has 1 saturated heterocycles. The number of benzene rings is 1. The fraction of sp³-hybridized carbons (Fsp3) is 0.571.